The van der Waals surface area contributed by atoms with E-state index in [0.29, 0.717) is 61.6 Å². The number of anilines is 2. The molecule has 1 saturated heterocycles. The number of sulfone groups is 1. The van der Waals surface area contributed by atoms with Crippen LogP contribution in [0.1, 0.15) is 31.9 Å². The molecule has 0 amide bonds. The molecule has 196 valence electrons. The molecule has 10 nitrogen and oxygen atoms in total. The third-order valence-corrected chi connectivity index (χ3v) is 9.39. The quantitative estimate of drug-likeness (QED) is 0.329. The predicted octanol–water partition coefficient (Wildman–Crippen LogP) is 1.43. The number of nitrogens with zero attached hydrogens (tertiary/aromatic N) is 3. The van der Waals surface area contributed by atoms with E-state index in [1.807, 2.05) is 30.3 Å². The molecule has 2 aromatic rings. The van der Waals surface area contributed by atoms with E-state index in [1.54, 1.807) is 0 Å². The molecule has 0 unspecified atom stereocenters. The summed E-state index contributed by atoms with van der Waals surface area (Å²) in [4.78, 5) is 11.7. The summed E-state index contributed by atoms with van der Waals surface area (Å²) in [5, 5.41) is 24.5. The van der Waals surface area contributed by atoms with Crippen LogP contribution in [0.15, 0.2) is 30.3 Å². The highest BCUT2D eigenvalue weighted by Gasteiger charge is 2.56. The van der Waals surface area contributed by atoms with Crippen LogP contribution >= 0.6 is 12.2 Å². The third kappa shape index (κ3) is 5.78. The number of morpholine rings is 1. The van der Waals surface area contributed by atoms with E-state index in [-0.39, 0.29) is 31.4 Å². The number of nitrogens with one attached hydrogen (secondary N) is 2. The second kappa shape index (κ2) is 11.3. The van der Waals surface area contributed by atoms with Crippen molar-refractivity contribution in [3.8, 4) is 11.4 Å². The van der Waals surface area contributed by atoms with Gasteiger partial charge >= 0.3 is 0 Å². The number of benzene rings is 1. The average Bonchev–Trinajstić information content (AvgIpc) is 3.70. The maximum Gasteiger partial charge on any atom is 0.170 e. The van der Waals surface area contributed by atoms with E-state index >= 15 is 0 Å². The lowest BCUT2D eigenvalue weighted by Gasteiger charge is -2.34. The standard InChI is InChI=1S/C24H33N5O5S2/c1-17-16-34-13-10-29(17)21-15-20(24(7-8-24)36(32,33)14-2-11-30)27-22(28-21)18-3-5-19(6-4-18)26-23(35)25-9-12-31/h3-6,15,17,30-31H,2,7-14,16H2,1H3,(H2,25,26,35)/t17-/m0/s1. The molecule has 36 heavy (non-hydrogen) atoms. The van der Waals surface area contributed by atoms with E-state index < -0.39 is 14.6 Å². The molecule has 0 bridgehead atoms. The zero-order valence-corrected chi connectivity index (χ0v) is 21.9. The normalized spacial score (nSPS) is 19.1. The minimum Gasteiger partial charge on any atom is -0.396 e. The Morgan fingerprint density at radius 3 is 2.61 bits per heavy atom. The third-order valence-electron chi connectivity index (χ3n) is 6.51. The lowest BCUT2D eigenvalue weighted by Crippen LogP contribution is -2.44. The average molecular weight is 536 g/mol. The van der Waals surface area contributed by atoms with Gasteiger partial charge < -0.3 is 30.5 Å². The van der Waals surface area contributed by atoms with Crippen LogP contribution in [0, 0.1) is 0 Å². The summed E-state index contributed by atoms with van der Waals surface area (Å²) in [6.45, 7) is 4.02. The van der Waals surface area contributed by atoms with Gasteiger partial charge in [0.15, 0.2) is 20.8 Å². The van der Waals surface area contributed by atoms with Crippen molar-refractivity contribution in [3.05, 3.63) is 36.0 Å². The highest BCUT2D eigenvalue weighted by Crippen LogP contribution is 2.53. The molecule has 4 rings (SSSR count). The molecule has 1 atom stereocenters. The Morgan fingerprint density at radius 1 is 1.22 bits per heavy atom. The summed E-state index contributed by atoms with van der Waals surface area (Å²) < 4.78 is 31.1. The Balaban J connectivity index is 1.69. The zero-order valence-electron chi connectivity index (χ0n) is 20.3. The Morgan fingerprint density at radius 2 is 1.97 bits per heavy atom. The van der Waals surface area contributed by atoms with Crippen LogP contribution < -0.4 is 15.5 Å². The van der Waals surface area contributed by atoms with Crippen LogP contribution in [-0.2, 0) is 19.3 Å². The number of aliphatic hydroxyl groups excluding tert-OH is 2. The fourth-order valence-electron chi connectivity index (χ4n) is 4.35. The van der Waals surface area contributed by atoms with Gasteiger partial charge in [-0.1, -0.05) is 0 Å². The van der Waals surface area contributed by atoms with Gasteiger partial charge in [-0.3, -0.25) is 0 Å². The molecule has 0 spiro atoms. The molecule has 1 aliphatic heterocycles. The molecule has 1 aromatic heterocycles. The van der Waals surface area contributed by atoms with Crippen LogP contribution in [0.25, 0.3) is 11.4 Å². The van der Waals surface area contributed by atoms with E-state index in [2.05, 4.69) is 22.5 Å². The van der Waals surface area contributed by atoms with Crippen molar-refractivity contribution >= 4 is 38.7 Å². The first-order valence-electron chi connectivity index (χ1n) is 12.1. The summed E-state index contributed by atoms with van der Waals surface area (Å²) in [6, 6.07) is 9.33. The zero-order chi connectivity index (χ0) is 25.8. The molecule has 0 radical (unpaired) electrons. The summed E-state index contributed by atoms with van der Waals surface area (Å²) >= 11 is 5.21. The number of aromatic nitrogens is 2. The van der Waals surface area contributed by atoms with Gasteiger partial charge in [0.05, 0.1) is 37.3 Å². The maximum absolute atomic E-state index is 13.2. The fourth-order valence-corrected chi connectivity index (χ4v) is 6.62. The van der Waals surface area contributed by atoms with Crippen LogP contribution in [0.5, 0.6) is 0 Å². The van der Waals surface area contributed by atoms with Gasteiger partial charge in [-0.05, 0) is 62.7 Å². The Labute approximate surface area is 217 Å². The molecular weight excluding hydrogens is 502 g/mol. The van der Waals surface area contributed by atoms with E-state index in [9.17, 15) is 13.5 Å². The van der Waals surface area contributed by atoms with Crippen molar-refractivity contribution in [2.75, 3.05) is 55.5 Å². The Hall–Kier alpha value is -2.38. The van der Waals surface area contributed by atoms with Crippen LogP contribution in [0.2, 0.25) is 0 Å². The second-order valence-corrected chi connectivity index (χ2v) is 12.0. The van der Waals surface area contributed by atoms with Crippen molar-refractivity contribution in [3.63, 3.8) is 0 Å². The number of aliphatic hydroxyl groups is 2. The SMILES string of the molecule is C[C@H]1COCCN1c1cc(C2(S(=O)(=O)CCCO)CC2)nc(-c2ccc(NC(=S)NCCO)cc2)n1. The van der Waals surface area contributed by atoms with Gasteiger partial charge in [0.2, 0.25) is 0 Å². The molecule has 2 heterocycles. The van der Waals surface area contributed by atoms with E-state index in [0.717, 1.165) is 11.3 Å². The van der Waals surface area contributed by atoms with Crippen molar-refractivity contribution in [2.24, 2.45) is 0 Å². The highest BCUT2D eigenvalue weighted by atomic mass is 32.2. The number of rotatable bonds is 10. The second-order valence-electron chi connectivity index (χ2n) is 9.12. The smallest absolute Gasteiger partial charge is 0.170 e. The van der Waals surface area contributed by atoms with Crippen molar-refractivity contribution < 1.29 is 23.4 Å². The monoisotopic (exact) mass is 535 g/mol. The van der Waals surface area contributed by atoms with Crippen LogP contribution in [0.3, 0.4) is 0 Å². The molecule has 1 aliphatic carbocycles. The van der Waals surface area contributed by atoms with Gasteiger partial charge in [0.1, 0.15) is 10.6 Å². The highest BCUT2D eigenvalue weighted by molar-refractivity contribution is 7.92. The first-order valence-corrected chi connectivity index (χ1v) is 14.2. The van der Waals surface area contributed by atoms with Gasteiger partial charge in [0.25, 0.3) is 0 Å². The first kappa shape index (κ1) is 26.7. The van der Waals surface area contributed by atoms with Crippen molar-refractivity contribution in [1.82, 2.24) is 15.3 Å². The van der Waals surface area contributed by atoms with Crippen molar-refractivity contribution in [1.29, 1.82) is 0 Å². The number of hydrogen-bond donors (Lipinski definition) is 4. The summed E-state index contributed by atoms with van der Waals surface area (Å²) in [5.41, 5.74) is 2.02. The summed E-state index contributed by atoms with van der Waals surface area (Å²) in [7, 11) is -3.49. The fraction of sp³-hybridized carbons (Fsp3) is 0.542. The first-order chi connectivity index (χ1) is 17.3. The van der Waals surface area contributed by atoms with E-state index in [4.69, 9.17) is 32.0 Å². The molecule has 1 saturated carbocycles. The van der Waals surface area contributed by atoms with Gasteiger partial charge in [-0.15, -0.1) is 0 Å². The predicted molar refractivity (Wildman–Crippen MR) is 143 cm³/mol. The van der Waals surface area contributed by atoms with Gasteiger partial charge in [-0.2, -0.15) is 0 Å². The summed E-state index contributed by atoms with van der Waals surface area (Å²) in [6.07, 6.45) is 1.23. The number of ether oxygens (including phenoxy) is 1. The molecule has 2 aliphatic rings. The summed E-state index contributed by atoms with van der Waals surface area (Å²) in [5.74, 6) is 1.07. The Bertz CT molecular complexity index is 1170. The lowest BCUT2D eigenvalue weighted by atomic mass is 10.1. The molecule has 1 aromatic carbocycles. The van der Waals surface area contributed by atoms with Gasteiger partial charge in [0, 0.05) is 37.0 Å². The minimum atomic E-state index is -3.49. The van der Waals surface area contributed by atoms with Crippen LogP contribution in [0.4, 0.5) is 11.5 Å². The van der Waals surface area contributed by atoms with E-state index in [1.165, 1.54) is 0 Å². The number of hydrogen-bond acceptors (Lipinski definition) is 9. The van der Waals surface area contributed by atoms with Crippen molar-refractivity contribution in [2.45, 2.75) is 37.0 Å². The maximum atomic E-state index is 13.2. The van der Waals surface area contributed by atoms with Gasteiger partial charge in [-0.25, -0.2) is 18.4 Å². The topological polar surface area (TPSA) is 137 Å². The molecular formula is C24H33N5O5S2. The minimum absolute atomic E-state index is 0.0181. The molecule has 4 N–H and O–H groups in total. The largest absolute Gasteiger partial charge is 0.396 e. The molecule has 12 heteroatoms. The number of thiocarbonyl (C=S) groups is 1. The van der Waals surface area contributed by atoms with Crippen LogP contribution in [-0.4, -0.2) is 85.0 Å². The Kier molecular flexibility index (Phi) is 8.41. The molecule has 2 fully saturated rings. The lowest BCUT2D eigenvalue weighted by molar-refractivity contribution is 0.0985.